The molecular weight excluding hydrogens is 396 g/mol. The predicted octanol–water partition coefficient (Wildman–Crippen LogP) is 4.68. The van der Waals surface area contributed by atoms with Gasteiger partial charge in [0, 0.05) is 17.3 Å². The molecule has 1 atom stereocenters. The van der Waals surface area contributed by atoms with Crippen LogP contribution >= 0.6 is 11.6 Å². The lowest BCUT2D eigenvalue weighted by Crippen LogP contribution is -2.34. The van der Waals surface area contributed by atoms with E-state index < -0.39 is 21.1 Å². The molecule has 3 aromatic carbocycles. The minimum Gasteiger partial charge on any atom is -0.336 e. The van der Waals surface area contributed by atoms with Crippen LogP contribution in [0.5, 0.6) is 0 Å². The van der Waals surface area contributed by atoms with Crippen LogP contribution in [0.1, 0.15) is 10.8 Å². The van der Waals surface area contributed by atoms with Crippen molar-refractivity contribution in [2.45, 2.75) is 10.1 Å². The van der Waals surface area contributed by atoms with Crippen LogP contribution in [-0.2, 0) is 9.84 Å². The third-order valence-corrected chi connectivity index (χ3v) is 6.50. The number of halogens is 1. The smallest absolute Gasteiger partial charge is 0.319 e. The predicted molar refractivity (Wildman–Crippen MR) is 111 cm³/mol. The summed E-state index contributed by atoms with van der Waals surface area (Å²) in [6, 6.07) is 23.3. The molecule has 0 aliphatic heterocycles. The van der Waals surface area contributed by atoms with Gasteiger partial charge < -0.3 is 10.6 Å². The van der Waals surface area contributed by atoms with Gasteiger partial charge in [-0.15, -0.1) is 0 Å². The minimum absolute atomic E-state index is 0.0758. The molecule has 0 saturated heterocycles. The zero-order chi connectivity index (χ0) is 20.0. The summed E-state index contributed by atoms with van der Waals surface area (Å²) >= 11 is 5.91. The third-order valence-electron chi connectivity index (χ3n) is 4.15. The number of carbonyl (C=O) groups excluding carboxylic acids is 1. The van der Waals surface area contributed by atoms with Gasteiger partial charge in [0.1, 0.15) is 5.25 Å². The Balaban J connectivity index is 1.80. The Bertz CT molecular complexity index is 1040. The fraction of sp³-hybridized carbons (Fsp3) is 0.0952. The first kappa shape index (κ1) is 19.9. The number of benzene rings is 3. The van der Waals surface area contributed by atoms with E-state index in [1.165, 1.54) is 0 Å². The summed E-state index contributed by atoms with van der Waals surface area (Å²) in [5.74, 6) is 0. The van der Waals surface area contributed by atoms with Crippen LogP contribution in [0.2, 0.25) is 5.02 Å². The summed E-state index contributed by atoms with van der Waals surface area (Å²) in [4.78, 5) is 12.5. The van der Waals surface area contributed by atoms with Crippen LogP contribution in [0.15, 0.2) is 89.8 Å². The van der Waals surface area contributed by atoms with Gasteiger partial charge in [0.05, 0.1) is 4.90 Å². The second-order valence-corrected chi connectivity index (χ2v) is 8.67. The lowest BCUT2D eigenvalue weighted by atomic mass is 10.1. The molecule has 2 amide bonds. The maximum atomic E-state index is 13.2. The van der Waals surface area contributed by atoms with Crippen LogP contribution in [0, 0.1) is 0 Å². The van der Waals surface area contributed by atoms with Gasteiger partial charge in [0.2, 0.25) is 0 Å². The summed E-state index contributed by atoms with van der Waals surface area (Å²) < 4.78 is 26.3. The Morgan fingerprint density at radius 2 is 1.54 bits per heavy atom. The number of sulfone groups is 1. The van der Waals surface area contributed by atoms with Crippen molar-refractivity contribution in [3.63, 3.8) is 0 Å². The lowest BCUT2D eigenvalue weighted by Gasteiger charge is -2.19. The first-order valence-corrected chi connectivity index (χ1v) is 10.5. The molecule has 0 aliphatic rings. The van der Waals surface area contributed by atoms with Gasteiger partial charge in [-0.3, -0.25) is 0 Å². The number of hydrogen-bond acceptors (Lipinski definition) is 3. The van der Waals surface area contributed by atoms with Crippen LogP contribution in [0.3, 0.4) is 0 Å². The lowest BCUT2D eigenvalue weighted by molar-refractivity contribution is 0.252. The van der Waals surface area contributed by atoms with E-state index >= 15 is 0 Å². The second kappa shape index (κ2) is 8.91. The molecular formula is C21H19ClN2O3S. The number of amides is 2. The van der Waals surface area contributed by atoms with Crippen molar-refractivity contribution in [3.8, 4) is 0 Å². The summed E-state index contributed by atoms with van der Waals surface area (Å²) in [6.07, 6.45) is 0. The van der Waals surface area contributed by atoms with E-state index in [4.69, 9.17) is 11.6 Å². The van der Waals surface area contributed by atoms with Gasteiger partial charge in [0.25, 0.3) is 0 Å². The van der Waals surface area contributed by atoms with E-state index in [0.717, 1.165) is 0 Å². The highest BCUT2D eigenvalue weighted by molar-refractivity contribution is 7.91. The quantitative estimate of drug-likeness (QED) is 0.615. The second-order valence-electron chi connectivity index (χ2n) is 6.10. The normalized spacial score (nSPS) is 12.2. The molecule has 0 heterocycles. The zero-order valence-corrected chi connectivity index (χ0v) is 16.5. The molecule has 3 aromatic rings. The molecule has 0 saturated carbocycles. The van der Waals surface area contributed by atoms with Crippen LogP contribution in [0.4, 0.5) is 10.5 Å². The zero-order valence-electron chi connectivity index (χ0n) is 14.9. The van der Waals surface area contributed by atoms with E-state index in [0.29, 0.717) is 16.3 Å². The van der Waals surface area contributed by atoms with Crippen molar-refractivity contribution in [2.75, 3.05) is 11.9 Å². The van der Waals surface area contributed by atoms with E-state index in [1.54, 1.807) is 78.9 Å². The summed E-state index contributed by atoms with van der Waals surface area (Å²) in [6.45, 7) is -0.0758. The van der Waals surface area contributed by atoms with Gasteiger partial charge in [-0.2, -0.15) is 0 Å². The molecule has 0 aliphatic carbocycles. The average molecular weight is 415 g/mol. The average Bonchev–Trinajstić information content (AvgIpc) is 2.69. The minimum atomic E-state index is -3.69. The monoisotopic (exact) mass is 414 g/mol. The largest absolute Gasteiger partial charge is 0.336 e. The first-order valence-electron chi connectivity index (χ1n) is 8.61. The van der Waals surface area contributed by atoms with Crippen molar-refractivity contribution >= 4 is 33.2 Å². The SMILES string of the molecule is O=C(NC[C@H](c1ccccc1)S(=O)(=O)c1ccccc1)Nc1cccc(Cl)c1. The number of rotatable bonds is 6. The first-order chi connectivity index (χ1) is 13.5. The molecule has 0 spiro atoms. The molecule has 5 nitrogen and oxygen atoms in total. The summed E-state index contributed by atoms with van der Waals surface area (Å²) in [7, 11) is -3.69. The molecule has 0 aromatic heterocycles. The van der Waals surface area contributed by atoms with Gasteiger partial charge in [-0.1, -0.05) is 66.2 Å². The van der Waals surface area contributed by atoms with Crippen molar-refractivity contribution in [1.82, 2.24) is 5.32 Å². The number of hydrogen-bond donors (Lipinski definition) is 2. The molecule has 144 valence electrons. The highest BCUT2D eigenvalue weighted by Crippen LogP contribution is 2.28. The Hall–Kier alpha value is -2.83. The van der Waals surface area contributed by atoms with Gasteiger partial charge in [0.15, 0.2) is 9.84 Å². The maximum Gasteiger partial charge on any atom is 0.319 e. The van der Waals surface area contributed by atoms with Gasteiger partial charge >= 0.3 is 6.03 Å². The number of carbonyl (C=O) groups is 1. The molecule has 0 unspecified atom stereocenters. The standard InChI is InChI=1S/C21H19ClN2O3S/c22-17-10-7-11-18(14-17)24-21(25)23-15-20(16-8-3-1-4-9-16)28(26,27)19-12-5-2-6-13-19/h1-14,20H,15H2,(H2,23,24,25)/t20-/m1/s1. The molecule has 0 bridgehead atoms. The highest BCUT2D eigenvalue weighted by Gasteiger charge is 2.29. The Morgan fingerprint density at radius 3 is 2.18 bits per heavy atom. The van der Waals surface area contributed by atoms with Crippen molar-refractivity contribution in [2.24, 2.45) is 0 Å². The van der Waals surface area contributed by atoms with Gasteiger partial charge in [-0.25, -0.2) is 13.2 Å². The van der Waals surface area contributed by atoms with Crippen molar-refractivity contribution in [3.05, 3.63) is 95.5 Å². The van der Waals surface area contributed by atoms with E-state index in [2.05, 4.69) is 10.6 Å². The fourth-order valence-corrected chi connectivity index (χ4v) is 4.65. The number of anilines is 1. The Kier molecular flexibility index (Phi) is 6.34. The number of urea groups is 1. The molecule has 2 N–H and O–H groups in total. The molecule has 0 radical (unpaired) electrons. The molecule has 0 fully saturated rings. The van der Waals surface area contributed by atoms with Crippen LogP contribution < -0.4 is 10.6 Å². The molecule has 7 heteroatoms. The molecule has 28 heavy (non-hydrogen) atoms. The Labute approximate surface area is 169 Å². The topological polar surface area (TPSA) is 75.3 Å². The molecule has 3 rings (SSSR count). The van der Waals surface area contributed by atoms with Crippen molar-refractivity contribution in [1.29, 1.82) is 0 Å². The fourth-order valence-electron chi connectivity index (χ4n) is 2.78. The van der Waals surface area contributed by atoms with Crippen LogP contribution in [-0.4, -0.2) is 21.0 Å². The summed E-state index contributed by atoms with van der Waals surface area (Å²) in [5, 5.41) is 4.88. The van der Waals surface area contributed by atoms with Crippen LogP contribution in [0.25, 0.3) is 0 Å². The summed E-state index contributed by atoms with van der Waals surface area (Å²) in [5.41, 5.74) is 1.13. The third kappa shape index (κ3) is 4.91. The Morgan fingerprint density at radius 1 is 0.893 bits per heavy atom. The van der Waals surface area contributed by atoms with E-state index in [-0.39, 0.29) is 11.4 Å². The van der Waals surface area contributed by atoms with E-state index in [1.807, 2.05) is 6.07 Å². The number of nitrogens with one attached hydrogen (secondary N) is 2. The van der Waals surface area contributed by atoms with E-state index in [9.17, 15) is 13.2 Å². The highest BCUT2D eigenvalue weighted by atomic mass is 35.5. The van der Waals surface area contributed by atoms with Crippen molar-refractivity contribution < 1.29 is 13.2 Å². The maximum absolute atomic E-state index is 13.2. The van der Waals surface area contributed by atoms with Gasteiger partial charge in [-0.05, 0) is 35.9 Å².